The van der Waals surface area contributed by atoms with Crippen molar-refractivity contribution in [1.82, 2.24) is 26.4 Å². The molecule has 0 aliphatic heterocycles. The van der Waals surface area contributed by atoms with Crippen LogP contribution >= 0.6 is 12.2 Å². The van der Waals surface area contributed by atoms with Crippen LogP contribution in [0, 0.1) is 5.92 Å². The number of carbonyl (C=O) groups is 1. The highest BCUT2D eigenvalue weighted by Crippen LogP contribution is 2.11. The molecule has 0 saturated carbocycles. The highest BCUT2D eigenvalue weighted by molar-refractivity contribution is 7.80. The number of hydrazine groups is 1. The van der Waals surface area contributed by atoms with Crippen LogP contribution in [0.2, 0.25) is 0 Å². The van der Waals surface area contributed by atoms with E-state index in [1.54, 1.807) is 24.3 Å². The summed E-state index contributed by atoms with van der Waals surface area (Å²) in [5.41, 5.74) is 4.98. The summed E-state index contributed by atoms with van der Waals surface area (Å²) in [6, 6.07) is 6.81. The van der Waals surface area contributed by atoms with E-state index >= 15 is 0 Å². The van der Waals surface area contributed by atoms with E-state index in [-0.39, 0.29) is 11.3 Å². The van der Waals surface area contributed by atoms with Crippen LogP contribution in [0.25, 0.3) is 10.8 Å². The average Bonchev–Trinajstić information content (AvgIpc) is 2.65. The van der Waals surface area contributed by atoms with E-state index < -0.39 is 5.91 Å². The fraction of sp³-hybridized carbons (Fsp3) is 0.444. The van der Waals surface area contributed by atoms with Gasteiger partial charge in [0.1, 0.15) is 0 Å². The minimum Gasteiger partial charge on any atom is -0.361 e. The van der Waals surface area contributed by atoms with Gasteiger partial charge < -0.3 is 5.32 Å². The van der Waals surface area contributed by atoms with Gasteiger partial charge in [-0.25, -0.2) is 5.10 Å². The van der Waals surface area contributed by atoms with Gasteiger partial charge in [0, 0.05) is 11.9 Å². The number of hydrogen-bond donors (Lipinski definition) is 4. The number of nitrogens with zero attached hydrogens (tertiary/aromatic N) is 1. The predicted octanol–water partition coefficient (Wildman–Crippen LogP) is 2.25. The van der Waals surface area contributed by atoms with Crippen LogP contribution in [0.15, 0.2) is 29.1 Å². The third kappa shape index (κ3) is 5.52. The van der Waals surface area contributed by atoms with E-state index in [2.05, 4.69) is 40.2 Å². The summed E-state index contributed by atoms with van der Waals surface area (Å²) >= 11 is 5.18. The first-order chi connectivity index (χ1) is 12.5. The van der Waals surface area contributed by atoms with Crippen molar-refractivity contribution in [3.05, 3.63) is 40.3 Å². The minimum absolute atomic E-state index is 0.128. The van der Waals surface area contributed by atoms with Gasteiger partial charge in [-0.3, -0.25) is 20.4 Å². The van der Waals surface area contributed by atoms with E-state index in [0.717, 1.165) is 13.0 Å². The van der Waals surface area contributed by atoms with Crippen molar-refractivity contribution in [3.63, 3.8) is 0 Å². The molecule has 7 nitrogen and oxygen atoms in total. The molecule has 8 heteroatoms. The molecule has 0 radical (unpaired) electrons. The molecule has 2 rings (SSSR count). The molecule has 0 aliphatic carbocycles. The Morgan fingerprint density at radius 1 is 1.23 bits per heavy atom. The Labute approximate surface area is 157 Å². The summed E-state index contributed by atoms with van der Waals surface area (Å²) in [7, 11) is 0. The molecular formula is C18H25N5O2S. The van der Waals surface area contributed by atoms with Crippen molar-refractivity contribution in [2.24, 2.45) is 5.92 Å². The Hall–Kier alpha value is -2.48. The number of H-pyrrole nitrogens is 1. The molecule has 4 N–H and O–H groups in total. The maximum absolute atomic E-state index is 12.3. The number of carbonyl (C=O) groups excluding carboxylic acids is 1. The molecule has 0 bridgehead atoms. The molecule has 0 unspecified atom stereocenters. The van der Waals surface area contributed by atoms with Crippen molar-refractivity contribution >= 4 is 34.0 Å². The average molecular weight is 375 g/mol. The van der Waals surface area contributed by atoms with Crippen molar-refractivity contribution in [2.75, 3.05) is 6.54 Å². The third-order valence-electron chi connectivity index (χ3n) is 4.11. The monoisotopic (exact) mass is 375 g/mol. The summed E-state index contributed by atoms with van der Waals surface area (Å²) in [4.78, 5) is 24.1. The van der Waals surface area contributed by atoms with Crippen LogP contribution in [0.4, 0.5) is 0 Å². The van der Waals surface area contributed by atoms with Gasteiger partial charge in [0.15, 0.2) is 10.8 Å². The second kappa shape index (κ2) is 9.86. The SMILES string of the molecule is CCCCC[C@H](C)CNC(=S)NNC(=O)c1n[nH]c(=O)c2ccccc12. The number of unbranched alkanes of at least 4 members (excludes halogenated alkanes) is 2. The summed E-state index contributed by atoms with van der Waals surface area (Å²) < 4.78 is 0. The number of benzene rings is 1. The molecule has 1 aromatic heterocycles. The van der Waals surface area contributed by atoms with Crippen molar-refractivity contribution in [1.29, 1.82) is 0 Å². The van der Waals surface area contributed by atoms with E-state index in [9.17, 15) is 9.59 Å². The molecule has 1 aromatic carbocycles. The largest absolute Gasteiger partial charge is 0.361 e. The molecule has 1 amide bonds. The van der Waals surface area contributed by atoms with E-state index in [1.807, 2.05) is 0 Å². The number of aromatic amines is 1. The summed E-state index contributed by atoms with van der Waals surface area (Å²) in [6.07, 6.45) is 4.80. The second-order valence-electron chi connectivity index (χ2n) is 6.34. The van der Waals surface area contributed by atoms with Crippen LogP contribution in [0.3, 0.4) is 0 Å². The van der Waals surface area contributed by atoms with Gasteiger partial charge in [0.25, 0.3) is 11.5 Å². The third-order valence-corrected chi connectivity index (χ3v) is 4.36. The highest BCUT2D eigenvalue weighted by atomic mass is 32.1. The van der Waals surface area contributed by atoms with Crippen LogP contribution in [0.5, 0.6) is 0 Å². The Morgan fingerprint density at radius 2 is 1.96 bits per heavy atom. The van der Waals surface area contributed by atoms with Crippen molar-refractivity contribution < 1.29 is 4.79 Å². The minimum atomic E-state index is -0.474. The van der Waals surface area contributed by atoms with Crippen LogP contribution in [0.1, 0.15) is 50.0 Å². The zero-order valence-electron chi connectivity index (χ0n) is 15.1. The molecule has 2 aromatic rings. The Bertz CT molecular complexity index is 821. The first kappa shape index (κ1) is 19.8. The second-order valence-corrected chi connectivity index (χ2v) is 6.75. The summed E-state index contributed by atoms with van der Waals surface area (Å²) in [5, 5.41) is 10.5. The van der Waals surface area contributed by atoms with E-state index in [4.69, 9.17) is 12.2 Å². The zero-order chi connectivity index (χ0) is 18.9. The lowest BCUT2D eigenvalue weighted by molar-refractivity contribution is 0.0939. The van der Waals surface area contributed by atoms with Gasteiger partial charge >= 0.3 is 0 Å². The van der Waals surface area contributed by atoms with Gasteiger partial charge in [-0.2, -0.15) is 5.10 Å². The highest BCUT2D eigenvalue weighted by Gasteiger charge is 2.14. The van der Waals surface area contributed by atoms with Crippen LogP contribution in [-0.4, -0.2) is 27.8 Å². The maximum Gasteiger partial charge on any atom is 0.290 e. The van der Waals surface area contributed by atoms with Gasteiger partial charge in [-0.05, 0) is 30.6 Å². The zero-order valence-corrected chi connectivity index (χ0v) is 15.9. The molecule has 0 spiro atoms. The fourth-order valence-electron chi connectivity index (χ4n) is 2.62. The Kier molecular flexibility index (Phi) is 7.53. The first-order valence-electron chi connectivity index (χ1n) is 8.84. The maximum atomic E-state index is 12.3. The number of amides is 1. The quantitative estimate of drug-likeness (QED) is 0.337. The first-order valence-corrected chi connectivity index (χ1v) is 9.25. The number of nitrogens with one attached hydrogen (secondary N) is 4. The Morgan fingerprint density at radius 3 is 2.69 bits per heavy atom. The van der Waals surface area contributed by atoms with Gasteiger partial charge in [0.2, 0.25) is 0 Å². The topological polar surface area (TPSA) is 98.9 Å². The lowest BCUT2D eigenvalue weighted by Gasteiger charge is -2.15. The lowest BCUT2D eigenvalue weighted by Crippen LogP contribution is -2.48. The number of rotatable bonds is 7. The van der Waals surface area contributed by atoms with Gasteiger partial charge in [-0.15, -0.1) is 0 Å². The van der Waals surface area contributed by atoms with Crippen molar-refractivity contribution in [3.8, 4) is 0 Å². The molecule has 1 atom stereocenters. The summed E-state index contributed by atoms with van der Waals surface area (Å²) in [6.45, 7) is 5.09. The molecule has 140 valence electrons. The van der Waals surface area contributed by atoms with Gasteiger partial charge in [-0.1, -0.05) is 51.3 Å². The summed E-state index contributed by atoms with van der Waals surface area (Å²) in [5.74, 6) is 0.0272. The van der Waals surface area contributed by atoms with Crippen molar-refractivity contribution in [2.45, 2.75) is 39.5 Å². The fourth-order valence-corrected chi connectivity index (χ4v) is 2.75. The molecule has 26 heavy (non-hydrogen) atoms. The molecule has 1 heterocycles. The molecule has 0 fully saturated rings. The smallest absolute Gasteiger partial charge is 0.290 e. The molecule has 0 aliphatic rings. The lowest BCUT2D eigenvalue weighted by atomic mass is 10.0. The number of thiocarbonyl (C=S) groups is 1. The number of fused-ring (bicyclic) bond motifs is 1. The number of hydrogen-bond acceptors (Lipinski definition) is 4. The van der Waals surface area contributed by atoms with E-state index in [1.165, 1.54) is 19.3 Å². The van der Waals surface area contributed by atoms with E-state index in [0.29, 0.717) is 21.8 Å². The molecule has 0 saturated heterocycles. The van der Waals surface area contributed by atoms with Crippen LogP contribution in [-0.2, 0) is 0 Å². The van der Waals surface area contributed by atoms with Gasteiger partial charge in [0.05, 0.1) is 5.39 Å². The Balaban J connectivity index is 1.86. The number of aromatic nitrogens is 2. The van der Waals surface area contributed by atoms with Crippen LogP contribution < -0.4 is 21.7 Å². The normalized spacial score (nSPS) is 11.8. The molecular weight excluding hydrogens is 350 g/mol. The predicted molar refractivity (Wildman–Crippen MR) is 107 cm³/mol. The standard InChI is InChI=1S/C18H25N5O2S/c1-3-4-5-8-12(2)11-19-18(26)23-22-17(25)15-13-9-6-7-10-14(13)16(24)21-20-15/h6-7,9-10,12H,3-5,8,11H2,1-2H3,(H,21,24)(H,22,25)(H2,19,23,26)/t12-/m0/s1.